The summed E-state index contributed by atoms with van der Waals surface area (Å²) in [7, 11) is 0. The predicted octanol–water partition coefficient (Wildman–Crippen LogP) is 32.1. The molecule has 0 N–H and O–H groups in total. The molecule has 0 saturated carbocycles. The zero-order chi connectivity index (χ0) is 98.9. The Labute approximate surface area is 768 Å². The normalized spacial score (nSPS) is 11.5. The molecule has 16 nitrogen and oxygen atoms in total. The van der Waals surface area contributed by atoms with Gasteiger partial charge >= 0.3 is 0 Å². The van der Waals surface area contributed by atoms with Crippen LogP contribution >= 0.6 is 0 Å². The minimum atomic E-state index is -0.163. The Morgan fingerprint density at radius 1 is 0.256 bits per heavy atom. The lowest BCUT2D eigenvalue weighted by molar-refractivity contribution is 0.321. The summed E-state index contributed by atoms with van der Waals surface area (Å²) in [5.41, 5.74) is 19.9. The highest BCUT2D eigenvalue weighted by atomic mass is 16.5. The largest absolute Gasteiger partial charge is 0.338 e. The molecule has 0 radical (unpaired) electrons. The van der Waals surface area contributed by atoms with Crippen LogP contribution in [0.1, 0.15) is 448 Å². The molecule has 8 heterocycles. The number of nitrogens with zero attached hydrogens (tertiary/aromatic N) is 15. The van der Waals surface area contributed by atoms with Gasteiger partial charge in [-0.2, -0.15) is 10.1 Å². The van der Waals surface area contributed by atoms with E-state index in [1.165, 1.54) is 22.5 Å². The summed E-state index contributed by atoms with van der Waals surface area (Å²) < 4.78 is 7.42. The average molecular weight is 1720 g/mol. The van der Waals surface area contributed by atoms with Crippen molar-refractivity contribution in [3.63, 3.8) is 0 Å². The van der Waals surface area contributed by atoms with Gasteiger partial charge in [0.15, 0.2) is 0 Å². The summed E-state index contributed by atoms with van der Waals surface area (Å²) >= 11 is 0. The standard InChI is InChI=1S/2C18H24N2.C17H23N3.C14H20N4O.C14H26N2.C12H20N2.8C2H6/c1-17(2,3)14-9-7-13(8-10-14)15-11-20-16(12-19-15)18(4,5)6;1-17(2,3)14-9-7-8-13(10-14)15-11-19-12-16(20-15)18(4,5)6;1-16(2,3)14-8-7-12(9-19-14)13-10-20-15(11-18-13)17(4,5)6;1-13(2,3)10-8-15-9(7-16-10)11-17-12(19-18-11)14(4,5)6;1-10(2)16-12(14(6,7)8)9-11(15-16)13(3,4)5;1-11(2,3)9-7-10(12(4,5)6)14-8-13-9;8*1-2/h2*7-12H,1-6H3;7-11H,1-6H3;7-8H,1-6H3;9-10H,1-8H3;7-8H,1-6H3;8*1-2H3. The van der Waals surface area contributed by atoms with Crippen LogP contribution in [0.4, 0.5) is 0 Å². The quantitative estimate of drug-likeness (QED) is 0.157. The van der Waals surface area contributed by atoms with E-state index >= 15 is 0 Å². The molecule has 0 aliphatic rings. The van der Waals surface area contributed by atoms with Crippen molar-refractivity contribution in [1.82, 2.24) is 74.7 Å². The molecule has 0 bridgehead atoms. The molecule has 10 rings (SSSR count). The molecule has 0 aliphatic carbocycles. The second kappa shape index (κ2) is 54.5. The zero-order valence-electron chi connectivity index (χ0n) is 90.4. The molecule has 0 amide bonds. The predicted molar refractivity (Wildman–Crippen MR) is 545 cm³/mol. The first-order chi connectivity index (χ1) is 57.4. The van der Waals surface area contributed by atoms with Gasteiger partial charge in [-0.15, -0.1) is 0 Å². The molecule has 0 saturated heterocycles. The van der Waals surface area contributed by atoms with Crippen LogP contribution in [0.2, 0.25) is 0 Å². The Kier molecular flexibility index (Phi) is 53.5. The number of pyridine rings is 1. The molecule has 2 aromatic carbocycles. The Morgan fingerprint density at radius 2 is 0.624 bits per heavy atom. The molecule has 8 aromatic heterocycles. The molecule has 0 atom stereocenters. The minimum Gasteiger partial charge on any atom is -0.338 e. The van der Waals surface area contributed by atoms with Crippen LogP contribution in [0.5, 0.6) is 0 Å². The Bertz CT molecular complexity index is 4160. The molecule has 125 heavy (non-hydrogen) atoms. The lowest BCUT2D eigenvalue weighted by Crippen LogP contribution is -2.19. The van der Waals surface area contributed by atoms with Crippen LogP contribution < -0.4 is 0 Å². The van der Waals surface area contributed by atoms with Crippen LogP contribution in [0.3, 0.4) is 0 Å². The third-order valence-corrected chi connectivity index (χ3v) is 17.8. The van der Waals surface area contributed by atoms with Crippen LogP contribution in [0.15, 0.2) is 139 Å². The van der Waals surface area contributed by atoms with Gasteiger partial charge in [-0.1, -0.05) is 408 Å². The molecule has 16 heteroatoms. The van der Waals surface area contributed by atoms with E-state index in [0.29, 0.717) is 23.5 Å². The van der Waals surface area contributed by atoms with Crippen molar-refractivity contribution in [2.24, 2.45) is 0 Å². The fraction of sp³-hybridized carbons (Fsp3) is 0.615. The third-order valence-electron chi connectivity index (χ3n) is 17.8. The highest BCUT2D eigenvalue weighted by Gasteiger charge is 2.29. The van der Waals surface area contributed by atoms with Crippen molar-refractivity contribution in [3.05, 3.63) is 203 Å². The number of benzene rings is 2. The average Bonchev–Trinajstić information content (AvgIpc) is 1.69. The second-order valence-corrected chi connectivity index (χ2v) is 41.4. The van der Waals surface area contributed by atoms with Crippen molar-refractivity contribution in [1.29, 1.82) is 0 Å². The topological polar surface area (TPSA) is 199 Å². The van der Waals surface area contributed by atoms with E-state index in [2.05, 4.69) is 380 Å². The molecule has 0 unspecified atom stereocenters. The monoisotopic (exact) mass is 1720 g/mol. The SMILES string of the molecule is CC.CC.CC.CC.CC.CC.CC.CC.CC(C)(C)c1cc(C(C)(C)C)ncn1.CC(C)(C)c1ccc(-c2cnc(C(C)(C)C)cn2)cc1.CC(C)(C)c1ccc(-c2cnc(C(C)(C)C)cn2)cn1.CC(C)(C)c1cccc(-c2cncc(C(C)(C)C)n2)c1.CC(C)(C)c1cnc(-c2noc(C(C)(C)C)n2)cn1.CC(C)n1nc(C(C)(C)C)cc1C(C)(C)C. The van der Waals surface area contributed by atoms with E-state index in [1.807, 2.05) is 175 Å². The molecular formula is C109H185N15O. The number of hydrogen-bond donors (Lipinski definition) is 0. The molecule has 0 aliphatic heterocycles. The van der Waals surface area contributed by atoms with Gasteiger partial charge < -0.3 is 4.52 Å². The van der Waals surface area contributed by atoms with Crippen LogP contribution in [-0.4, -0.2) is 74.7 Å². The summed E-state index contributed by atoms with van der Waals surface area (Å²) in [5.74, 6) is 1.09. The molecule has 10 aromatic rings. The Balaban J connectivity index is -0.000000682. The first-order valence-electron chi connectivity index (χ1n) is 46.7. The highest BCUT2D eigenvalue weighted by Crippen LogP contribution is 2.34. The summed E-state index contributed by atoms with van der Waals surface area (Å²) in [6.07, 6.45) is 18.1. The third kappa shape index (κ3) is 43.6. The first-order valence-corrected chi connectivity index (χ1v) is 46.7. The van der Waals surface area contributed by atoms with E-state index in [0.717, 1.165) is 73.6 Å². The molecule has 702 valence electrons. The van der Waals surface area contributed by atoms with E-state index in [-0.39, 0.29) is 65.0 Å². The van der Waals surface area contributed by atoms with Gasteiger partial charge in [0.25, 0.3) is 0 Å². The van der Waals surface area contributed by atoms with Crippen LogP contribution in [0, 0.1) is 0 Å². The Hall–Kier alpha value is -8.66. The van der Waals surface area contributed by atoms with Crippen molar-refractivity contribution in [3.8, 4) is 45.3 Å². The maximum atomic E-state index is 5.25. The lowest BCUT2D eigenvalue weighted by Gasteiger charge is -2.22. The van der Waals surface area contributed by atoms with E-state index < -0.39 is 0 Å². The van der Waals surface area contributed by atoms with Gasteiger partial charge in [0.1, 0.15) is 12.0 Å². The fourth-order valence-electron chi connectivity index (χ4n) is 10.2. The van der Waals surface area contributed by atoms with Gasteiger partial charge in [-0.3, -0.25) is 39.6 Å². The lowest BCUT2D eigenvalue weighted by atomic mass is 9.86. The van der Waals surface area contributed by atoms with Crippen molar-refractivity contribution >= 4 is 0 Å². The smallest absolute Gasteiger partial charge is 0.232 e. The maximum absolute atomic E-state index is 5.25. The van der Waals surface area contributed by atoms with Gasteiger partial charge in [0.2, 0.25) is 11.7 Å². The van der Waals surface area contributed by atoms with E-state index in [4.69, 9.17) is 14.6 Å². The van der Waals surface area contributed by atoms with Gasteiger partial charge in [-0.25, -0.2) is 19.9 Å². The minimum absolute atomic E-state index is 0.0145. The maximum Gasteiger partial charge on any atom is 0.232 e. The van der Waals surface area contributed by atoms with E-state index in [1.54, 1.807) is 18.7 Å². The fourth-order valence-corrected chi connectivity index (χ4v) is 10.2. The molecular weight excluding hydrogens is 1540 g/mol. The Morgan fingerprint density at radius 3 is 0.936 bits per heavy atom. The van der Waals surface area contributed by atoms with Crippen LogP contribution in [0.25, 0.3) is 45.3 Å². The number of aromatic nitrogens is 15. The van der Waals surface area contributed by atoms with Crippen molar-refractivity contribution in [2.45, 2.75) is 445 Å². The highest BCUT2D eigenvalue weighted by molar-refractivity contribution is 5.61. The zero-order valence-corrected chi connectivity index (χ0v) is 90.4. The number of hydrogen-bond acceptors (Lipinski definition) is 15. The molecule has 0 spiro atoms. The first kappa shape index (κ1) is 123. The van der Waals surface area contributed by atoms with Gasteiger partial charge in [0, 0.05) is 131 Å². The van der Waals surface area contributed by atoms with Gasteiger partial charge in [-0.05, 0) is 66.1 Å². The summed E-state index contributed by atoms with van der Waals surface area (Å²) in [6.45, 7) is 114. The van der Waals surface area contributed by atoms with Crippen molar-refractivity contribution in [2.75, 3.05) is 0 Å². The summed E-state index contributed by atoms with van der Waals surface area (Å²) in [6, 6.07) is 26.1. The van der Waals surface area contributed by atoms with Gasteiger partial charge in [0.05, 0.1) is 70.3 Å². The summed E-state index contributed by atoms with van der Waals surface area (Å²) in [5, 5.41) is 8.72. The van der Waals surface area contributed by atoms with Crippen LogP contribution in [-0.2, 0) is 65.0 Å². The number of rotatable bonds is 5. The molecule has 0 fully saturated rings. The summed E-state index contributed by atoms with van der Waals surface area (Å²) in [4.78, 5) is 53.5. The van der Waals surface area contributed by atoms with E-state index in [9.17, 15) is 0 Å². The van der Waals surface area contributed by atoms with Crippen molar-refractivity contribution < 1.29 is 4.52 Å². The second-order valence-electron chi connectivity index (χ2n) is 41.4.